The van der Waals surface area contributed by atoms with E-state index in [2.05, 4.69) is 25.3 Å². The average Bonchev–Trinajstić information content (AvgIpc) is 3.47. The summed E-state index contributed by atoms with van der Waals surface area (Å²) in [6.45, 7) is 3.06. The number of hydrogen-bond acceptors (Lipinski definition) is 7. The topological polar surface area (TPSA) is 96.3 Å². The summed E-state index contributed by atoms with van der Waals surface area (Å²) in [6.07, 6.45) is 1.69. The summed E-state index contributed by atoms with van der Waals surface area (Å²) >= 11 is 0. The summed E-state index contributed by atoms with van der Waals surface area (Å²) in [4.78, 5) is 19.6. The maximum absolute atomic E-state index is 13.9. The molecule has 4 heterocycles. The van der Waals surface area contributed by atoms with E-state index in [-0.39, 0.29) is 5.82 Å². The number of rotatable bonds is 5. The number of aromatic nitrogens is 6. The quantitative estimate of drug-likeness (QED) is 0.430. The fourth-order valence-corrected chi connectivity index (χ4v) is 4.00. The van der Waals surface area contributed by atoms with E-state index < -0.39 is 0 Å². The van der Waals surface area contributed by atoms with Crippen LogP contribution in [0, 0.1) is 5.82 Å². The maximum Gasteiger partial charge on any atom is 0.230 e. The largest absolute Gasteiger partial charge is 0.378 e. The zero-order valence-corrected chi connectivity index (χ0v) is 17.7. The molecule has 33 heavy (non-hydrogen) atoms. The van der Waals surface area contributed by atoms with Crippen molar-refractivity contribution in [2.45, 2.75) is 6.54 Å². The Morgan fingerprint density at radius 3 is 2.76 bits per heavy atom. The second kappa shape index (κ2) is 8.14. The van der Waals surface area contributed by atoms with Crippen LogP contribution in [-0.2, 0) is 11.3 Å². The van der Waals surface area contributed by atoms with Crippen LogP contribution in [0.15, 0.2) is 54.7 Å². The van der Waals surface area contributed by atoms with E-state index in [1.165, 1.54) is 12.1 Å². The van der Waals surface area contributed by atoms with Gasteiger partial charge in [-0.2, -0.15) is 19.6 Å². The van der Waals surface area contributed by atoms with Gasteiger partial charge >= 0.3 is 0 Å². The van der Waals surface area contributed by atoms with E-state index in [0.29, 0.717) is 56.0 Å². The second-order valence-electron chi connectivity index (χ2n) is 7.80. The Hall–Kier alpha value is -4.05. The number of H-pyrrole nitrogens is 1. The van der Waals surface area contributed by atoms with Crippen LogP contribution in [0.25, 0.3) is 27.8 Å². The molecule has 0 radical (unpaired) electrons. The van der Waals surface area contributed by atoms with E-state index in [1.807, 2.05) is 30.3 Å². The number of imidazole rings is 1. The Labute approximate surface area is 188 Å². The van der Waals surface area contributed by atoms with Gasteiger partial charge in [0.25, 0.3) is 0 Å². The lowest BCUT2D eigenvalue weighted by Crippen LogP contribution is -2.37. The molecular formula is C23H21FN8O. The molecule has 1 saturated heterocycles. The fraction of sp³-hybridized carbons (Fsp3) is 0.217. The zero-order chi connectivity index (χ0) is 22.2. The molecule has 2 N–H and O–H groups in total. The number of halogens is 1. The molecule has 166 valence electrons. The van der Waals surface area contributed by atoms with Crippen LogP contribution in [0.1, 0.15) is 5.82 Å². The van der Waals surface area contributed by atoms with Crippen LogP contribution in [0.2, 0.25) is 0 Å². The van der Waals surface area contributed by atoms with Gasteiger partial charge in [0.2, 0.25) is 11.9 Å². The Morgan fingerprint density at radius 1 is 1.03 bits per heavy atom. The standard InChI is InChI=1S/C23H21FN8O/c24-16-5-3-4-15(12-16)17-13-26-32-21(17)29-23(31-8-10-33-11-9-31)30-22(32)25-14-20-27-18-6-1-2-7-19(18)28-20/h1-7,12-13H,8-11,14H2,(H,27,28)(H,25,29,30). The third kappa shape index (κ3) is 3.74. The molecule has 3 aromatic heterocycles. The summed E-state index contributed by atoms with van der Waals surface area (Å²) < 4.78 is 21.0. The number of fused-ring (bicyclic) bond motifs is 2. The molecule has 1 aliphatic rings. The number of hydrogen-bond donors (Lipinski definition) is 2. The first-order valence-corrected chi connectivity index (χ1v) is 10.8. The lowest BCUT2D eigenvalue weighted by Gasteiger charge is -2.27. The summed E-state index contributed by atoms with van der Waals surface area (Å²) in [5.41, 5.74) is 3.93. The Morgan fingerprint density at radius 2 is 1.91 bits per heavy atom. The van der Waals surface area contributed by atoms with Crippen LogP contribution >= 0.6 is 0 Å². The minimum atomic E-state index is -0.308. The van der Waals surface area contributed by atoms with Crippen molar-refractivity contribution in [3.05, 3.63) is 66.4 Å². The molecule has 9 nitrogen and oxygen atoms in total. The molecule has 0 aliphatic carbocycles. The highest BCUT2D eigenvalue weighted by Gasteiger charge is 2.20. The molecule has 0 amide bonds. The number of anilines is 2. The highest BCUT2D eigenvalue weighted by Crippen LogP contribution is 2.27. The molecule has 1 aliphatic heterocycles. The third-order valence-electron chi connectivity index (χ3n) is 5.64. The number of benzene rings is 2. The zero-order valence-electron chi connectivity index (χ0n) is 17.7. The summed E-state index contributed by atoms with van der Waals surface area (Å²) in [7, 11) is 0. The van der Waals surface area contributed by atoms with Crippen LogP contribution in [0.3, 0.4) is 0 Å². The SMILES string of the molecule is Fc1cccc(-c2cnn3c(NCc4nc5ccccc5[nH]4)nc(N4CCOCC4)nc23)c1. The Balaban J connectivity index is 1.41. The second-order valence-corrected chi connectivity index (χ2v) is 7.80. The highest BCUT2D eigenvalue weighted by molar-refractivity contribution is 5.78. The van der Waals surface area contributed by atoms with E-state index in [1.54, 1.807) is 16.8 Å². The van der Waals surface area contributed by atoms with Crippen molar-refractivity contribution in [2.24, 2.45) is 0 Å². The van der Waals surface area contributed by atoms with Crippen molar-refractivity contribution in [2.75, 3.05) is 36.5 Å². The molecule has 0 saturated carbocycles. The third-order valence-corrected chi connectivity index (χ3v) is 5.64. The van der Waals surface area contributed by atoms with Gasteiger partial charge < -0.3 is 19.9 Å². The van der Waals surface area contributed by atoms with E-state index in [4.69, 9.17) is 14.7 Å². The molecule has 0 bridgehead atoms. The van der Waals surface area contributed by atoms with Crippen molar-refractivity contribution in [1.82, 2.24) is 29.5 Å². The van der Waals surface area contributed by atoms with Gasteiger partial charge in [0.1, 0.15) is 11.6 Å². The van der Waals surface area contributed by atoms with Crippen LogP contribution in [0.4, 0.5) is 16.3 Å². The van der Waals surface area contributed by atoms with Crippen molar-refractivity contribution in [3.63, 3.8) is 0 Å². The number of para-hydroxylation sites is 2. The van der Waals surface area contributed by atoms with Crippen LogP contribution < -0.4 is 10.2 Å². The Kier molecular flexibility index (Phi) is 4.84. The van der Waals surface area contributed by atoms with Gasteiger partial charge in [0.05, 0.1) is 37.0 Å². The van der Waals surface area contributed by atoms with Crippen LogP contribution in [-0.4, -0.2) is 55.9 Å². The number of morpholine rings is 1. The number of aromatic amines is 1. The smallest absolute Gasteiger partial charge is 0.230 e. The molecular weight excluding hydrogens is 423 g/mol. The van der Waals surface area contributed by atoms with E-state index >= 15 is 0 Å². The first kappa shape index (κ1) is 19.6. The minimum Gasteiger partial charge on any atom is -0.378 e. The lowest BCUT2D eigenvalue weighted by atomic mass is 10.1. The monoisotopic (exact) mass is 444 g/mol. The van der Waals surface area contributed by atoms with Crippen LogP contribution in [0.5, 0.6) is 0 Å². The molecule has 10 heteroatoms. The van der Waals surface area contributed by atoms with Crippen molar-refractivity contribution < 1.29 is 9.13 Å². The molecule has 6 rings (SSSR count). The molecule has 0 unspecified atom stereocenters. The predicted octanol–water partition coefficient (Wildman–Crippen LogP) is 3.26. The molecule has 5 aromatic rings. The first-order valence-electron chi connectivity index (χ1n) is 10.8. The summed E-state index contributed by atoms with van der Waals surface area (Å²) in [5.74, 6) is 1.59. The molecule has 0 atom stereocenters. The highest BCUT2D eigenvalue weighted by atomic mass is 19.1. The van der Waals surface area contributed by atoms with Crippen molar-refractivity contribution in [1.29, 1.82) is 0 Å². The lowest BCUT2D eigenvalue weighted by molar-refractivity contribution is 0.122. The van der Waals surface area contributed by atoms with Gasteiger partial charge in [-0.05, 0) is 29.8 Å². The van der Waals surface area contributed by atoms with Gasteiger partial charge in [0, 0.05) is 18.7 Å². The van der Waals surface area contributed by atoms with Gasteiger partial charge in [-0.3, -0.25) is 0 Å². The fourth-order valence-electron chi connectivity index (χ4n) is 4.00. The van der Waals surface area contributed by atoms with Gasteiger partial charge in [-0.25, -0.2) is 9.37 Å². The summed E-state index contributed by atoms with van der Waals surface area (Å²) in [5, 5.41) is 7.84. The van der Waals surface area contributed by atoms with Gasteiger partial charge in [-0.15, -0.1) is 0 Å². The maximum atomic E-state index is 13.9. The number of ether oxygens (including phenoxy) is 1. The van der Waals surface area contributed by atoms with Gasteiger partial charge in [0.15, 0.2) is 5.65 Å². The number of nitrogens with zero attached hydrogens (tertiary/aromatic N) is 6. The van der Waals surface area contributed by atoms with E-state index in [0.717, 1.165) is 22.4 Å². The Bertz CT molecular complexity index is 1410. The molecule has 1 fully saturated rings. The minimum absolute atomic E-state index is 0.308. The molecule has 0 spiro atoms. The van der Waals surface area contributed by atoms with Crippen molar-refractivity contribution >= 4 is 28.6 Å². The van der Waals surface area contributed by atoms with Crippen molar-refractivity contribution in [3.8, 4) is 11.1 Å². The first-order chi connectivity index (χ1) is 16.2. The average molecular weight is 444 g/mol. The van der Waals surface area contributed by atoms with Gasteiger partial charge in [-0.1, -0.05) is 24.3 Å². The predicted molar refractivity (Wildman–Crippen MR) is 123 cm³/mol. The number of nitrogens with one attached hydrogen (secondary N) is 2. The summed E-state index contributed by atoms with van der Waals surface area (Å²) in [6, 6.07) is 14.3. The van der Waals surface area contributed by atoms with E-state index in [9.17, 15) is 4.39 Å². The normalized spacial score (nSPS) is 14.3. The molecule has 2 aromatic carbocycles.